The number of benzene rings is 1. The number of nitrogens with zero attached hydrogens (tertiary/aromatic N) is 1. The maximum absolute atomic E-state index is 12.1. The number of ether oxygens (including phenoxy) is 1. The minimum absolute atomic E-state index is 0.100. The Morgan fingerprint density at radius 3 is 2.00 bits per heavy atom. The lowest BCUT2D eigenvalue weighted by atomic mass is 10.0. The summed E-state index contributed by atoms with van der Waals surface area (Å²) in [5.74, 6) is -0.509. The lowest BCUT2D eigenvalue weighted by molar-refractivity contribution is -0.138. The van der Waals surface area contributed by atoms with E-state index in [4.69, 9.17) is 4.74 Å². The Balaban J connectivity index is 2.20. The van der Waals surface area contributed by atoms with Gasteiger partial charge in [0.1, 0.15) is 11.6 Å². The zero-order valence-electron chi connectivity index (χ0n) is 16.4. The molecule has 0 spiro atoms. The highest BCUT2D eigenvalue weighted by Crippen LogP contribution is 2.18. The second kappa shape index (κ2) is 14.1. The first-order valence-electron chi connectivity index (χ1n) is 10.0. The van der Waals surface area contributed by atoms with Crippen molar-refractivity contribution in [2.75, 3.05) is 6.61 Å². The first-order valence-corrected chi connectivity index (χ1v) is 10.0. The predicted octanol–water partition coefficient (Wildman–Crippen LogP) is 6.45. The molecule has 0 unspecified atom stereocenters. The molecular formula is C23H33NO2. The van der Waals surface area contributed by atoms with Crippen LogP contribution in [0.25, 0.3) is 5.57 Å². The van der Waals surface area contributed by atoms with Gasteiger partial charge >= 0.3 is 5.97 Å². The second-order valence-electron chi connectivity index (χ2n) is 6.80. The van der Waals surface area contributed by atoms with E-state index in [2.05, 4.69) is 6.92 Å². The van der Waals surface area contributed by atoms with Gasteiger partial charge in [-0.15, -0.1) is 0 Å². The fraction of sp³-hybridized carbons (Fsp3) is 0.565. The van der Waals surface area contributed by atoms with Gasteiger partial charge in [0.2, 0.25) is 0 Å². The fourth-order valence-electron chi connectivity index (χ4n) is 2.94. The first kappa shape index (κ1) is 22.0. The van der Waals surface area contributed by atoms with Crippen LogP contribution in [0.1, 0.15) is 83.6 Å². The molecule has 0 radical (unpaired) electrons. The van der Waals surface area contributed by atoms with E-state index in [1.54, 1.807) is 6.92 Å². The van der Waals surface area contributed by atoms with Crippen molar-refractivity contribution in [3.63, 3.8) is 0 Å². The Kier molecular flexibility index (Phi) is 11.9. The highest BCUT2D eigenvalue weighted by atomic mass is 16.5. The lowest BCUT2D eigenvalue weighted by Gasteiger charge is -2.07. The van der Waals surface area contributed by atoms with Crippen LogP contribution in [0.15, 0.2) is 35.9 Å². The summed E-state index contributed by atoms with van der Waals surface area (Å²) >= 11 is 0. The lowest BCUT2D eigenvalue weighted by Crippen LogP contribution is -2.09. The first-order chi connectivity index (χ1) is 12.7. The minimum Gasteiger partial charge on any atom is -0.462 e. The van der Waals surface area contributed by atoms with Crippen molar-refractivity contribution >= 4 is 11.5 Å². The zero-order chi connectivity index (χ0) is 19.0. The Bertz CT molecular complexity index is 584. The molecule has 0 aliphatic heterocycles. The van der Waals surface area contributed by atoms with E-state index in [9.17, 15) is 10.1 Å². The third-order valence-electron chi connectivity index (χ3n) is 4.63. The quantitative estimate of drug-likeness (QED) is 0.177. The fourth-order valence-corrected chi connectivity index (χ4v) is 2.94. The summed E-state index contributed by atoms with van der Waals surface area (Å²) in [6.07, 6.45) is 12.4. The van der Waals surface area contributed by atoms with Gasteiger partial charge in [0.15, 0.2) is 0 Å². The van der Waals surface area contributed by atoms with Crippen molar-refractivity contribution in [2.45, 2.75) is 78.1 Å². The van der Waals surface area contributed by atoms with Crippen LogP contribution in [0.5, 0.6) is 0 Å². The van der Waals surface area contributed by atoms with Crippen molar-refractivity contribution in [3.8, 4) is 6.07 Å². The molecule has 0 saturated carbocycles. The molecule has 1 aromatic carbocycles. The van der Waals surface area contributed by atoms with Gasteiger partial charge < -0.3 is 4.74 Å². The number of carbonyl (C=O) groups excluding carboxylic acids is 1. The average molecular weight is 356 g/mol. The molecule has 0 bridgehead atoms. The maximum Gasteiger partial charge on any atom is 0.349 e. The van der Waals surface area contributed by atoms with Gasteiger partial charge in [0.05, 0.1) is 6.61 Å². The summed E-state index contributed by atoms with van der Waals surface area (Å²) in [6.45, 7) is 4.42. The molecule has 142 valence electrons. The zero-order valence-corrected chi connectivity index (χ0v) is 16.4. The summed E-state index contributed by atoms with van der Waals surface area (Å²) < 4.78 is 5.29. The predicted molar refractivity (Wildman–Crippen MR) is 107 cm³/mol. The van der Waals surface area contributed by atoms with Gasteiger partial charge in [-0.1, -0.05) is 95.0 Å². The van der Waals surface area contributed by atoms with Crippen LogP contribution in [0.3, 0.4) is 0 Å². The van der Waals surface area contributed by atoms with Gasteiger partial charge in [-0.3, -0.25) is 0 Å². The third kappa shape index (κ3) is 8.85. The number of esters is 1. The van der Waals surface area contributed by atoms with Crippen LogP contribution in [0, 0.1) is 11.3 Å². The minimum atomic E-state index is -0.509. The van der Waals surface area contributed by atoms with Crippen LogP contribution >= 0.6 is 0 Å². The van der Waals surface area contributed by atoms with E-state index in [-0.39, 0.29) is 5.57 Å². The summed E-state index contributed by atoms with van der Waals surface area (Å²) in [7, 11) is 0. The van der Waals surface area contributed by atoms with E-state index >= 15 is 0 Å². The summed E-state index contributed by atoms with van der Waals surface area (Å²) in [4.78, 5) is 12.1. The molecule has 3 heteroatoms. The SMILES string of the molecule is CCCCCCCCCCCCOC(=O)C(C#N)=C(C)c1ccccc1. The highest BCUT2D eigenvalue weighted by molar-refractivity contribution is 6.01. The Morgan fingerprint density at radius 1 is 0.923 bits per heavy atom. The Labute approximate surface area is 159 Å². The molecule has 0 aliphatic carbocycles. The molecule has 3 nitrogen and oxygen atoms in total. The third-order valence-corrected chi connectivity index (χ3v) is 4.63. The normalized spacial score (nSPS) is 11.6. The van der Waals surface area contributed by atoms with Crippen LogP contribution < -0.4 is 0 Å². The van der Waals surface area contributed by atoms with Gasteiger partial charge in [-0.25, -0.2) is 4.79 Å². The number of carbonyl (C=O) groups is 1. The Hall–Kier alpha value is -2.08. The molecule has 1 aromatic rings. The van der Waals surface area contributed by atoms with E-state index in [0.717, 1.165) is 18.4 Å². The molecule has 26 heavy (non-hydrogen) atoms. The van der Waals surface area contributed by atoms with Gasteiger partial charge in [-0.2, -0.15) is 5.26 Å². The number of rotatable bonds is 13. The van der Waals surface area contributed by atoms with Crippen molar-refractivity contribution in [1.29, 1.82) is 5.26 Å². The van der Waals surface area contributed by atoms with Crippen molar-refractivity contribution < 1.29 is 9.53 Å². The van der Waals surface area contributed by atoms with E-state index in [0.29, 0.717) is 12.2 Å². The molecule has 0 heterocycles. The molecule has 0 N–H and O–H groups in total. The van der Waals surface area contributed by atoms with Crippen LogP contribution in [-0.2, 0) is 9.53 Å². The summed E-state index contributed by atoms with van der Waals surface area (Å²) in [5.41, 5.74) is 1.64. The smallest absolute Gasteiger partial charge is 0.349 e. The molecular weight excluding hydrogens is 322 g/mol. The second-order valence-corrected chi connectivity index (χ2v) is 6.80. The number of allylic oxidation sites excluding steroid dienone is 1. The maximum atomic E-state index is 12.1. The number of hydrogen-bond donors (Lipinski definition) is 0. The topological polar surface area (TPSA) is 50.1 Å². The molecule has 0 atom stereocenters. The molecule has 0 saturated heterocycles. The molecule has 0 amide bonds. The van der Waals surface area contributed by atoms with E-state index in [1.807, 2.05) is 36.4 Å². The summed E-state index contributed by atoms with van der Waals surface area (Å²) in [5, 5.41) is 9.30. The summed E-state index contributed by atoms with van der Waals surface area (Å²) in [6, 6.07) is 11.5. The molecule has 0 fully saturated rings. The van der Waals surface area contributed by atoms with Crippen molar-refractivity contribution in [3.05, 3.63) is 41.5 Å². The molecule has 0 aromatic heterocycles. The van der Waals surface area contributed by atoms with Crippen molar-refractivity contribution in [1.82, 2.24) is 0 Å². The van der Waals surface area contributed by atoms with E-state index in [1.165, 1.54) is 51.4 Å². The van der Waals surface area contributed by atoms with Crippen LogP contribution in [0.2, 0.25) is 0 Å². The number of nitriles is 1. The largest absolute Gasteiger partial charge is 0.462 e. The van der Waals surface area contributed by atoms with Crippen LogP contribution in [0.4, 0.5) is 0 Å². The van der Waals surface area contributed by atoms with E-state index < -0.39 is 5.97 Å². The highest BCUT2D eigenvalue weighted by Gasteiger charge is 2.15. The number of unbranched alkanes of at least 4 members (excludes halogenated alkanes) is 9. The van der Waals surface area contributed by atoms with Gasteiger partial charge in [0.25, 0.3) is 0 Å². The molecule has 0 aliphatic rings. The average Bonchev–Trinajstić information content (AvgIpc) is 2.67. The Morgan fingerprint density at radius 2 is 1.46 bits per heavy atom. The standard InChI is InChI=1S/C23H33NO2/c1-3-4-5-6-7-8-9-10-11-15-18-26-23(25)22(19-24)20(2)21-16-13-12-14-17-21/h12-14,16-17H,3-11,15,18H2,1-2H3. The monoisotopic (exact) mass is 355 g/mol. The molecule has 1 rings (SSSR count). The van der Waals surface area contributed by atoms with Gasteiger partial charge in [0, 0.05) is 0 Å². The van der Waals surface area contributed by atoms with Gasteiger partial charge in [-0.05, 0) is 24.5 Å². The van der Waals surface area contributed by atoms with Crippen LogP contribution in [-0.4, -0.2) is 12.6 Å². The number of hydrogen-bond acceptors (Lipinski definition) is 3. The van der Waals surface area contributed by atoms with Crippen molar-refractivity contribution in [2.24, 2.45) is 0 Å².